The van der Waals surface area contributed by atoms with Crippen molar-refractivity contribution in [1.82, 2.24) is 10.2 Å². The average Bonchev–Trinajstić information content (AvgIpc) is 3.17. The Kier molecular flexibility index (Phi) is 6.75. The van der Waals surface area contributed by atoms with E-state index in [1.54, 1.807) is 0 Å². The molecule has 0 spiro atoms. The first kappa shape index (κ1) is 19.7. The van der Waals surface area contributed by atoms with Crippen LogP contribution in [0.3, 0.4) is 0 Å². The molecular formula is C22H32N2O3. The van der Waals surface area contributed by atoms with Crippen LogP contribution in [0.1, 0.15) is 62.6 Å². The van der Waals surface area contributed by atoms with Crippen LogP contribution >= 0.6 is 0 Å². The zero-order valence-electron chi connectivity index (χ0n) is 16.6. The molecule has 1 atom stereocenters. The molecular weight excluding hydrogens is 340 g/mol. The molecule has 5 heteroatoms. The molecule has 1 aliphatic heterocycles. The highest BCUT2D eigenvalue weighted by molar-refractivity contribution is 5.75. The number of carbonyl (C=O) groups is 2. The number of ether oxygens (including phenoxy) is 1. The summed E-state index contributed by atoms with van der Waals surface area (Å²) in [6.45, 7) is 5.91. The van der Waals surface area contributed by atoms with Crippen LogP contribution in [0.15, 0.2) is 24.3 Å². The summed E-state index contributed by atoms with van der Waals surface area (Å²) in [6.07, 6.45) is 5.78. The lowest BCUT2D eigenvalue weighted by Crippen LogP contribution is -2.42. The molecule has 3 rings (SSSR count). The van der Waals surface area contributed by atoms with Gasteiger partial charge < -0.3 is 15.0 Å². The van der Waals surface area contributed by atoms with Gasteiger partial charge >= 0.3 is 12.0 Å². The zero-order valence-corrected chi connectivity index (χ0v) is 16.6. The smallest absolute Gasteiger partial charge is 0.317 e. The van der Waals surface area contributed by atoms with Gasteiger partial charge in [-0.15, -0.1) is 0 Å². The number of carbonyl (C=O) groups excluding carboxylic acids is 2. The van der Waals surface area contributed by atoms with E-state index in [4.69, 9.17) is 4.74 Å². The van der Waals surface area contributed by atoms with Crippen LogP contribution in [0.5, 0.6) is 0 Å². The Balaban J connectivity index is 1.47. The Hall–Kier alpha value is -2.04. The van der Waals surface area contributed by atoms with Gasteiger partial charge in [0.25, 0.3) is 0 Å². The van der Waals surface area contributed by atoms with Crippen LogP contribution in [0.2, 0.25) is 0 Å². The predicted octanol–water partition coefficient (Wildman–Crippen LogP) is 4.21. The van der Waals surface area contributed by atoms with Crippen molar-refractivity contribution in [3.05, 3.63) is 35.4 Å². The molecule has 1 unspecified atom stereocenters. The highest BCUT2D eigenvalue weighted by Crippen LogP contribution is 2.33. The first-order chi connectivity index (χ1) is 13.1. The summed E-state index contributed by atoms with van der Waals surface area (Å²) in [7, 11) is 0. The molecule has 2 amide bonds. The molecule has 2 aliphatic rings. The summed E-state index contributed by atoms with van der Waals surface area (Å²) in [6, 6.07) is 8.71. The van der Waals surface area contributed by atoms with Gasteiger partial charge in [0.05, 0.1) is 18.6 Å². The second kappa shape index (κ2) is 9.25. The quantitative estimate of drug-likeness (QED) is 0.788. The molecule has 1 heterocycles. The topological polar surface area (TPSA) is 58.6 Å². The summed E-state index contributed by atoms with van der Waals surface area (Å²) >= 11 is 0. The normalized spacial score (nSPS) is 25.3. The fourth-order valence-electron chi connectivity index (χ4n) is 4.43. The van der Waals surface area contributed by atoms with Crippen molar-refractivity contribution in [3.63, 3.8) is 0 Å². The van der Waals surface area contributed by atoms with E-state index in [0.29, 0.717) is 19.1 Å². The minimum absolute atomic E-state index is 0.0428. The number of nitrogens with one attached hydrogen (secondary N) is 1. The first-order valence-electron chi connectivity index (χ1n) is 10.4. The summed E-state index contributed by atoms with van der Waals surface area (Å²) < 4.78 is 5.13. The first-order valence-corrected chi connectivity index (χ1v) is 10.4. The highest BCUT2D eigenvalue weighted by Gasteiger charge is 2.31. The third kappa shape index (κ3) is 5.02. The number of nitrogens with zero attached hydrogens (tertiary/aromatic N) is 1. The van der Waals surface area contributed by atoms with Gasteiger partial charge in [0.15, 0.2) is 0 Å². The van der Waals surface area contributed by atoms with Gasteiger partial charge in [0.2, 0.25) is 0 Å². The fraction of sp³-hybridized carbons (Fsp3) is 0.636. The maximum atomic E-state index is 12.8. The Morgan fingerprint density at radius 1 is 1.19 bits per heavy atom. The number of amides is 2. The second-order valence-electron chi connectivity index (χ2n) is 7.92. The lowest BCUT2D eigenvalue weighted by atomic mass is 9.82. The van der Waals surface area contributed by atoms with Gasteiger partial charge in [0, 0.05) is 13.1 Å². The van der Waals surface area contributed by atoms with E-state index >= 15 is 0 Å². The second-order valence-corrected chi connectivity index (χ2v) is 7.92. The Bertz CT molecular complexity index is 653. The summed E-state index contributed by atoms with van der Waals surface area (Å²) in [5.41, 5.74) is 2.47. The Morgan fingerprint density at radius 2 is 1.96 bits per heavy atom. The van der Waals surface area contributed by atoms with E-state index in [1.165, 1.54) is 11.1 Å². The maximum Gasteiger partial charge on any atom is 0.317 e. The molecule has 1 aromatic rings. The van der Waals surface area contributed by atoms with Crippen molar-refractivity contribution in [2.75, 3.05) is 19.7 Å². The molecule has 1 saturated carbocycles. The number of urea groups is 1. The van der Waals surface area contributed by atoms with Crippen molar-refractivity contribution in [3.8, 4) is 0 Å². The average molecular weight is 373 g/mol. The molecule has 5 nitrogen and oxygen atoms in total. The van der Waals surface area contributed by atoms with Crippen LogP contribution in [0.4, 0.5) is 4.79 Å². The number of hydrogen-bond donors (Lipinski definition) is 1. The lowest BCUT2D eigenvalue weighted by molar-refractivity contribution is -0.149. The number of likely N-dealkylation sites (tertiary alicyclic amines) is 1. The lowest BCUT2D eigenvalue weighted by Gasteiger charge is -2.29. The molecule has 2 fully saturated rings. The van der Waals surface area contributed by atoms with E-state index in [9.17, 15) is 9.59 Å². The molecule has 148 valence electrons. The third-order valence-corrected chi connectivity index (χ3v) is 5.95. The van der Waals surface area contributed by atoms with E-state index in [-0.39, 0.29) is 24.0 Å². The minimum Gasteiger partial charge on any atom is -0.466 e. The molecule has 1 aromatic carbocycles. The number of rotatable bonds is 5. The molecule has 0 aromatic heterocycles. The van der Waals surface area contributed by atoms with Gasteiger partial charge in [-0.05, 0) is 63.9 Å². The highest BCUT2D eigenvalue weighted by atomic mass is 16.5. The van der Waals surface area contributed by atoms with Crippen LogP contribution in [-0.2, 0) is 9.53 Å². The largest absolute Gasteiger partial charge is 0.466 e. The SMILES string of the molecule is CCOC(=O)C1CCC(CNC(=O)N2CCCC2c2cccc(C)c2)CC1. The van der Waals surface area contributed by atoms with Crippen molar-refractivity contribution < 1.29 is 14.3 Å². The van der Waals surface area contributed by atoms with Gasteiger partial charge in [-0.25, -0.2) is 4.79 Å². The van der Waals surface area contributed by atoms with E-state index in [1.807, 2.05) is 11.8 Å². The summed E-state index contributed by atoms with van der Waals surface area (Å²) in [4.78, 5) is 26.6. The minimum atomic E-state index is -0.0574. The molecule has 27 heavy (non-hydrogen) atoms. The molecule has 1 aliphatic carbocycles. The van der Waals surface area contributed by atoms with Gasteiger partial charge in [-0.1, -0.05) is 29.8 Å². The Morgan fingerprint density at radius 3 is 2.67 bits per heavy atom. The number of benzene rings is 1. The van der Waals surface area contributed by atoms with Crippen molar-refractivity contribution in [2.24, 2.45) is 11.8 Å². The molecule has 0 bridgehead atoms. The third-order valence-electron chi connectivity index (χ3n) is 5.95. The zero-order chi connectivity index (χ0) is 19.2. The van der Waals surface area contributed by atoms with Crippen LogP contribution < -0.4 is 5.32 Å². The van der Waals surface area contributed by atoms with Gasteiger partial charge in [-0.3, -0.25) is 4.79 Å². The monoisotopic (exact) mass is 372 g/mol. The van der Waals surface area contributed by atoms with Crippen molar-refractivity contribution in [2.45, 2.75) is 58.4 Å². The van der Waals surface area contributed by atoms with E-state index < -0.39 is 0 Å². The Labute approximate surface area is 162 Å². The van der Waals surface area contributed by atoms with Gasteiger partial charge in [-0.2, -0.15) is 0 Å². The maximum absolute atomic E-state index is 12.8. The van der Waals surface area contributed by atoms with E-state index in [2.05, 4.69) is 36.5 Å². The number of esters is 1. The summed E-state index contributed by atoms with van der Waals surface area (Å²) in [5, 5.41) is 3.15. The standard InChI is InChI=1S/C22H32N2O3/c1-3-27-21(25)18-11-9-17(10-12-18)15-23-22(26)24-13-5-8-20(24)19-7-4-6-16(2)14-19/h4,6-7,14,17-18,20H,3,5,8-13,15H2,1-2H3,(H,23,26). The number of hydrogen-bond acceptors (Lipinski definition) is 3. The molecule has 0 radical (unpaired) electrons. The van der Waals surface area contributed by atoms with Crippen LogP contribution in [0.25, 0.3) is 0 Å². The number of aryl methyl sites for hydroxylation is 1. The van der Waals surface area contributed by atoms with Crippen LogP contribution in [0, 0.1) is 18.8 Å². The molecule has 1 saturated heterocycles. The van der Waals surface area contributed by atoms with Crippen molar-refractivity contribution >= 4 is 12.0 Å². The summed E-state index contributed by atoms with van der Waals surface area (Å²) in [5.74, 6) is 0.443. The van der Waals surface area contributed by atoms with Crippen LogP contribution in [-0.4, -0.2) is 36.6 Å². The van der Waals surface area contributed by atoms with Gasteiger partial charge in [0.1, 0.15) is 0 Å². The predicted molar refractivity (Wildman–Crippen MR) is 105 cm³/mol. The van der Waals surface area contributed by atoms with Crippen molar-refractivity contribution in [1.29, 1.82) is 0 Å². The molecule has 1 N–H and O–H groups in total. The fourth-order valence-corrected chi connectivity index (χ4v) is 4.43. The van der Waals surface area contributed by atoms with E-state index in [0.717, 1.165) is 45.1 Å².